The van der Waals surface area contributed by atoms with Crippen LogP contribution in [0.1, 0.15) is 23.0 Å². The van der Waals surface area contributed by atoms with Gasteiger partial charge in [0.25, 0.3) is 5.69 Å². The van der Waals surface area contributed by atoms with E-state index in [1.165, 1.54) is 6.07 Å². The summed E-state index contributed by atoms with van der Waals surface area (Å²) in [6.45, 7) is 0. The molecule has 3 nitrogen and oxygen atoms in total. The lowest BCUT2D eigenvalue weighted by Gasteiger charge is -2.52. The standard InChI is InChI=1S/C20H6Cl12INO2/c21-11-13(23)17(27)9-7(15(11,25)19(17,29)30)3-1-5(33)6(34(35)36)2-4(3)8-10(9)18(28)14(24)12(22)16(8,26)20(18,31)32/h1-2,7-10H/t7-,8-,9-,10+,15+,16+,17+,18+/m1/s1. The Hall–Kier alpha value is 2.31. The molecule has 0 radical (unpaired) electrons. The van der Waals surface area contributed by atoms with Crippen LogP contribution in [0.25, 0.3) is 0 Å². The van der Waals surface area contributed by atoms with Crippen LogP contribution in [0.15, 0.2) is 32.3 Å². The summed E-state index contributed by atoms with van der Waals surface area (Å²) < 4.78 is -3.63. The summed E-state index contributed by atoms with van der Waals surface area (Å²) in [7, 11) is 0. The van der Waals surface area contributed by atoms with Crippen molar-refractivity contribution < 1.29 is 4.92 Å². The number of fused-ring (bicyclic) bond motifs is 14. The molecule has 6 rings (SSSR count). The number of hydrogen-bond donors (Lipinski definition) is 0. The molecule has 4 bridgehead atoms. The summed E-state index contributed by atoms with van der Waals surface area (Å²) in [5, 5.41) is 11.7. The highest BCUT2D eigenvalue weighted by molar-refractivity contribution is 14.1. The Morgan fingerprint density at radius 3 is 1.36 bits per heavy atom. The Morgan fingerprint density at radius 2 is 1.00 bits per heavy atom. The van der Waals surface area contributed by atoms with Crippen LogP contribution in [0.5, 0.6) is 0 Å². The fourth-order valence-corrected chi connectivity index (χ4v) is 13.8. The summed E-state index contributed by atoms with van der Waals surface area (Å²) >= 11 is 85.2. The first-order valence-corrected chi connectivity index (χ1v) is 15.5. The van der Waals surface area contributed by atoms with Gasteiger partial charge in [-0.2, -0.15) is 0 Å². The molecule has 8 atom stereocenters. The molecular weight excluding hydrogens is 839 g/mol. The SMILES string of the molecule is O=[N+]([O-])c1cc2c(cc1I)[C@@H]1[C@H]([C@@H]3[C@@H]2[C@]2(Cl)C(Cl)=C(Cl)[C@]3(Cl)C2(Cl)Cl)[C@]2(Cl)C(Cl)=C(Cl)[C@]1(Cl)C2(Cl)Cl. The van der Waals surface area contributed by atoms with Crippen LogP contribution in [0.3, 0.4) is 0 Å². The minimum atomic E-state index is -1.99. The van der Waals surface area contributed by atoms with Gasteiger partial charge in [0.05, 0.1) is 28.6 Å². The number of alkyl halides is 8. The van der Waals surface area contributed by atoms with Gasteiger partial charge in [-0.1, -0.05) is 92.8 Å². The van der Waals surface area contributed by atoms with E-state index in [1.54, 1.807) is 6.07 Å². The van der Waals surface area contributed by atoms with Crippen LogP contribution in [-0.4, -0.2) is 33.1 Å². The Bertz CT molecular complexity index is 1400. The lowest BCUT2D eigenvalue weighted by molar-refractivity contribution is -0.385. The minimum absolute atomic E-state index is 0.0418. The molecule has 16 heteroatoms. The van der Waals surface area contributed by atoms with E-state index in [-0.39, 0.29) is 25.8 Å². The molecule has 0 heterocycles. The van der Waals surface area contributed by atoms with Gasteiger partial charge >= 0.3 is 0 Å². The second kappa shape index (κ2) is 7.82. The molecule has 1 aromatic carbocycles. The molecule has 0 aromatic heterocycles. The Balaban J connectivity index is 1.80. The van der Waals surface area contributed by atoms with Crippen LogP contribution in [0, 0.1) is 25.5 Å². The summed E-state index contributed by atoms with van der Waals surface area (Å²) in [6, 6.07) is 2.99. The molecule has 5 aliphatic carbocycles. The summed E-state index contributed by atoms with van der Waals surface area (Å²) in [5.41, 5.74) is 0.713. The zero-order chi connectivity index (χ0) is 26.9. The van der Waals surface area contributed by atoms with Gasteiger partial charge in [0.1, 0.15) is 19.5 Å². The third kappa shape index (κ3) is 2.51. The van der Waals surface area contributed by atoms with E-state index in [0.29, 0.717) is 14.7 Å². The Labute approximate surface area is 278 Å². The zero-order valence-corrected chi connectivity index (χ0v) is 27.9. The number of nitro groups is 1. The highest BCUT2D eigenvalue weighted by Crippen LogP contribution is 2.88. The molecule has 194 valence electrons. The molecular formula is C20H6Cl12INO2. The number of nitro benzene ring substituents is 1. The van der Waals surface area contributed by atoms with E-state index in [4.69, 9.17) is 139 Å². The maximum absolute atomic E-state index is 11.9. The Morgan fingerprint density at radius 1 is 0.667 bits per heavy atom. The second-order valence-electron chi connectivity index (χ2n) is 9.45. The first kappa shape index (κ1) is 28.4. The highest BCUT2D eigenvalue weighted by Gasteiger charge is 2.91. The number of halogens is 13. The molecule has 1 aromatic rings. The molecule has 36 heavy (non-hydrogen) atoms. The fraction of sp³-hybridized carbons (Fsp3) is 0.500. The third-order valence-electron chi connectivity index (χ3n) is 8.39. The third-order valence-corrected chi connectivity index (χ3v) is 17.8. The van der Waals surface area contributed by atoms with Gasteiger partial charge in [0.15, 0.2) is 8.67 Å². The van der Waals surface area contributed by atoms with E-state index in [1.807, 2.05) is 22.6 Å². The van der Waals surface area contributed by atoms with Crippen molar-refractivity contribution in [3.63, 3.8) is 0 Å². The number of allylic oxidation sites excluding steroid dienone is 4. The van der Waals surface area contributed by atoms with Gasteiger partial charge in [0.2, 0.25) is 0 Å². The first-order chi connectivity index (χ1) is 16.3. The summed E-state index contributed by atoms with van der Waals surface area (Å²) in [5.74, 6) is -3.55. The van der Waals surface area contributed by atoms with Crippen molar-refractivity contribution in [2.24, 2.45) is 11.8 Å². The van der Waals surface area contributed by atoms with E-state index in [9.17, 15) is 10.1 Å². The van der Waals surface area contributed by atoms with Crippen LogP contribution >= 0.6 is 162 Å². The highest BCUT2D eigenvalue weighted by atomic mass is 127. The predicted molar refractivity (Wildman–Crippen MR) is 159 cm³/mol. The van der Waals surface area contributed by atoms with E-state index < -0.39 is 56.8 Å². The quantitative estimate of drug-likeness (QED) is 0.122. The van der Waals surface area contributed by atoms with Crippen LogP contribution in [0.2, 0.25) is 0 Å². The van der Waals surface area contributed by atoms with Crippen molar-refractivity contribution in [1.82, 2.24) is 0 Å². The topological polar surface area (TPSA) is 43.1 Å². The molecule has 0 aliphatic heterocycles. The molecule has 0 saturated heterocycles. The molecule has 5 aliphatic rings. The average Bonchev–Trinajstić information content (AvgIpc) is 3.12. The van der Waals surface area contributed by atoms with Gasteiger partial charge in [-0.3, -0.25) is 10.1 Å². The molecule has 2 fully saturated rings. The van der Waals surface area contributed by atoms with Crippen LogP contribution in [-0.2, 0) is 0 Å². The van der Waals surface area contributed by atoms with Crippen molar-refractivity contribution >= 4 is 167 Å². The molecule has 0 amide bonds. The number of rotatable bonds is 1. The molecule has 2 saturated carbocycles. The Kier molecular flexibility index (Phi) is 6.18. The largest absolute Gasteiger partial charge is 0.282 e. The summed E-state index contributed by atoms with van der Waals surface area (Å²) in [6.07, 6.45) is 0. The van der Waals surface area contributed by atoms with E-state index in [0.717, 1.165) is 0 Å². The smallest absolute Gasteiger partial charge is 0.258 e. The molecule has 0 unspecified atom stereocenters. The van der Waals surface area contributed by atoms with Crippen LogP contribution < -0.4 is 0 Å². The maximum Gasteiger partial charge on any atom is 0.282 e. The van der Waals surface area contributed by atoms with Crippen LogP contribution in [0.4, 0.5) is 5.69 Å². The van der Waals surface area contributed by atoms with Gasteiger partial charge < -0.3 is 0 Å². The van der Waals surface area contributed by atoms with Gasteiger partial charge in [0, 0.05) is 29.7 Å². The lowest BCUT2D eigenvalue weighted by Crippen LogP contribution is -2.53. The van der Waals surface area contributed by atoms with Crippen molar-refractivity contribution in [1.29, 1.82) is 0 Å². The molecule has 0 spiro atoms. The van der Waals surface area contributed by atoms with E-state index in [2.05, 4.69) is 0 Å². The van der Waals surface area contributed by atoms with Crippen molar-refractivity contribution in [2.75, 3.05) is 0 Å². The normalized spacial score (nSPS) is 46.8. The number of hydrogen-bond acceptors (Lipinski definition) is 2. The number of nitrogens with zero attached hydrogens (tertiary/aromatic N) is 1. The second-order valence-corrected chi connectivity index (χ2v) is 17.2. The van der Waals surface area contributed by atoms with Gasteiger partial charge in [-0.05, 0) is 39.8 Å². The average molecular weight is 845 g/mol. The predicted octanol–water partition coefficient (Wildman–Crippen LogP) is 10.3. The molecule has 0 N–H and O–H groups in total. The van der Waals surface area contributed by atoms with Crippen molar-refractivity contribution in [2.45, 2.75) is 40.0 Å². The van der Waals surface area contributed by atoms with Crippen molar-refractivity contribution in [3.05, 3.63) is 57.1 Å². The zero-order valence-electron chi connectivity index (χ0n) is 16.6. The van der Waals surface area contributed by atoms with Gasteiger partial charge in [-0.15, -0.1) is 46.4 Å². The first-order valence-electron chi connectivity index (χ1n) is 9.93. The van der Waals surface area contributed by atoms with Crippen molar-refractivity contribution in [3.8, 4) is 0 Å². The summed E-state index contributed by atoms with van der Waals surface area (Å²) in [4.78, 5) is 4.26. The lowest BCUT2D eigenvalue weighted by atomic mass is 9.57. The van der Waals surface area contributed by atoms with E-state index >= 15 is 0 Å². The number of benzene rings is 1. The minimum Gasteiger partial charge on any atom is -0.258 e. The van der Waals surface area contributed by atoms with Gasteiger partial charge in [-0.25, -0.2) is 0 Å². The monoisotopic (exact) mass is 839 g/mol. The maximum atomic E-state index is 11.9. The fourth-order valence-electron chi connectivity index (χ4n) is 7.05.